The van der Waals surface area contributed by atoms with Gasteiger partial charge in [-0.15, -0.1) is 0 Å². The molecule has 2 amide bonds. The Labute approximate surface area is 118 Å². The van der Waals surface area contributed by atoms with E-state index in [-0.39, 0.29) is 12.3 Å². The van der Waals surface area contributed by atoms with Crippen LogP contribution in [0.3, 0.4) is 0 Å². The lowest BCUT2D eigenvalue weighted by Crippen LogP contribution is -2.40. The fourth-order valence-electron chi connectivity index (χ4n) is 1.63. The van der Waals surface area contributed by atoms with E-state index in [0.717, 1.165) is 6.42 Å². The number of rotatable bonds is 8. The van der Waals surface area contributed by atoms with Gasteiger partial charge in [0.25, 0.3) is 0 Å². The first-order valence-electron chi connectivity index (χ1n) is 6.53. The molecular formula is C14H21N3O3. The van der Waals surface area contributed by atoms with Gasteiger partial charge in [-0.2, -0.15) is 0 Å². The van der Waals surface area contributed by atoms with E-state index in [9.17, 15) is 9.59 Å². The van der Waals surface area contributed by atoms with Crippen molar-refractivity contribution in [3.63, 3.8) is 0 Å². The van der Waals surface area contributed by atoms with Crippen LogP contribution in [-0.4, -0.2) is 31.5 Å². The fourth-order valence-corrected chi connectivity index (χ4v) is 1.63. The second-order valence-corrected chi connectivity index (χ2v) is 4.38. The number of ether oxygens (including phenoxy) is 1. The van der Waals surface area contributed by atoms with Gasteiger partial charge in [-0.25, -0.2) is 0 Å². The van der Waals surface area contributed by atoms with E-state index in [0.29, 0.717) is 18.0 Å². The Hall–Kier alpha value is -2.24. The van der Waals surface area contributed by atoms with Crippen LogP contribution in [0.5, 0.6) is 5.75 Å². The van der Waals surface area contributed by atoms with Crippen LogP contribution in [-0.2, 0) is 9.59 Å². The Morgan fingerprint density at radius 2 is 1.95 bits per heavy atom. The lowest BCUT2D eigenvalue weighted by molar-refractivity contribution is -0.125. The second kappa shape index (κ2) is 8.04. The van der Waals surface area contributed by atoms with Crippen LogP contribution in [0.25, 0.3) is 0 Å². The third-order valence-corrected chi connectivity index (χ3v) is 2.74. The molecule has 0 aliphatic rings. The summed E-state index contributed by atoms with van der Waals surface area (Å²) in [6.07, 6.45) is 0.861. The molecular weight excluding hydrogens is 258 g/mol. The minimum atomic E-state index is -0.736. The van der Waals surface area contributed by atoms with Crippen molar-refractivity contribution in [3.05, 3.63) is 24.3 Å². The van der Waals surface area contributed by atoms with E-state index in [1.807, 2.05) is 6.92 Å². The summed E-state index contributed by atoms with van der Waals surface area (Å²) < 4.78 is 5.05. The first kappa shape index (κ1) is 15.8. The Morgan fingerprint density at radius 1 is 1.30 bits per heavy atom. The number of amides is 2. The van der Waals surface area contributed by atoms with Crippen LogP contribution in [0.15, 0.2) is 24.3 Å². The van der Waals surface area contributed by atoms with Gasteiger partial charge >= 0.3 is 0 Å². The molecule has 0 aliphatic carbocycles. The zero-order chi connectivity index (χ0) is 15.0. The number of primary amides is 1. The SMILES string of the molecule is CCCNC(=O)CC(Nc1ccc(OC)cc1)C(N)=O. The molecule has 0 aliphatic heterocycles. The van der Waals surface area contributed by atoms with Crippen LogP contribution in [0, 0.1) is 0 Å². The van der Waals surface area contributed by atoms with Crippen molar-refractivity contribution in [2.45, 2.75) is 25.8 Å². The van der Waals surface area contributed by atoms with Crippen molar-refractivity contribution in [3.8, 4) is 5.75 Å². The summed E-state index contributed by atoms with van der Waals surface area (Å²) in [4.78, 5) is 23.0. The molecule has 0 saturated heterocycles. The molecule has 1 rings (SSSR count). The maximum atomic E-state index is 11.6. The van der Waals surface area contributed by atoms with Gasteiger partial charge in [0.15, 0.2) is 0 Å². The lowest BCUT2D eigenvalue weighted by atomic mass is 10.1. The molecule has 6 nitrogen and oxygen atoms in total. The first-order valence-corrected chi connectivity index (χ1v) is 6.53. The van der Waals surface area contributed by atoms with Gasteiger partial charge < -0.3 is 21.1 Å². The summed E-state index contributed by atoms with van der Waals surface area (Å²) >= 11 is 0. The van der Waals surface area contributed by atoms with E-state index < -0.39 is 11.9 Å². The molecule has 0 spiro atoms. The number of methoxy groups -OCH3 is 1. The monoisotopic (exact) mass is 279 g/mol. The fraction of sp³-hybridized carbons (Fsp3) is 0.429. The average molecular weight is 279 g/mol. The predicted molar refractivity (Wildman–Crippen MR) is 77.5 cm³/mol. The molecule has 20 heavy (non-hydrogen) atoms. The second-order valence-electron chi connectivity index (χ2n) is 4.38. The highest BCUT2D eigenvalue weighted by molar-refractivity contribution is 5.89. The Kier molecular flexibility index (Phi) is 6.36. The standard InChI is InChI=1S/C14H21N3O3/c1-3-8-16-13(18)9-12(14(15)19)17-10-4-6-11(20-2)7-5-10/h4-7,12,17H,3,8-9H2,1-2H3,(H2,15,19)(H,16,18). The summed E-state index contributed by atoms with van der Waals surface area (Å²) in [7, 11) is 1.58. The Morgan fingerprint density at radius 3 is 2.45 bits per heavy atom. The number of benzene rings is 1. The van der Waals surface area contributed by atoms with Gasteiger partial charge in [0, 0.05) is 12.2 Å². The molecule has 0 radical (unpaired) electrons. The molecule has 0 aromatic heterocycles. The number of carbonyl (C=O) groups excluding carboxylic acids is 2. The van der Waals surface area contributed by atoms with Gasteiger partial charge in [-0.3, -0.25) is 9.59 Å². The average Bonchev–Trinajstić information content (AvgIpc) is 2.45. The molecule has 0 heterocycles. The third-order valence-electron chi connectivity index (χ3n) is 2.74. The molecule has 1 aromatic carbocycles. The number of carbonyl (C=O) groups is 2. The number of nitrogens with two attached hydrogens (primary N) is 1. The molecule has 0 fully saturated rings. The van der Waals surface area contributed by atoms with Gasteiger partial charge in [0.05, 0.1) is 13.5 Å². The molecule has 110 valence electrons. The van der Waals surface area contributed by atoms with E-state index >= 15 is 0 Å². The molecule has 1 atom stereocenters. The van der Waals surface area contributed by atoms with Crippen molar-refractivity contribution in [1.82, 2.24) is 5.32 Å². The maximum Gasteiger partial charge on any atom is 0.240 e. The van der Waals surface area contributed by atoms with Crippen molar-refractivity contribution in [2.75, 3.05) is 19.0 Å². The van der Waals surface area contributed by atoms with Crippen LogP contribution in [0.4, 0.5) is 5.69 Å². The van der Waals surface area contributed by atoms with Gasteiger partial charge in [-0.1, -0.05) is 6.92 Å². The van der Waals surface area contributed by atoms with Crippen LogP contribution < -0.4 is 21.1 Å². The summed E-state index contributed by atoms with van der Waals surface area (Å²) in [5, 5.41) is 5.66. The summed E-state index contributed by atoms with van der Waals surface area (Å²) in [5.41, 5.74) is 6.02. The number of anilines is 1. The van der Waals surface area contributed by atoms with Gasteiger partial charge in [0.2, 0.25) is 11.8 Å². The van der Waals surface area contributed by atoms with Gasteiger partial charge in [0.1, 0.15) is 11.8 Å². The zero-order valence-electron chi connectivity index (χ0n) is 11.8. The van der Waals surface area contributed by atoms with E-state index in [1.54, 1.807) is 31.4 Å². The largest absolute Gasteiger partial charge is 0.497 e. The van der Waals surface area contributed by atoms with Crippen LogP contribution in [0.2, 0.25) is 0 Å². The predicted octanol–water partition coefficient (Wildman–Crippen LogP) is 0.877. The normalized spacial score (nSPS) is 11.5. The highest BCUT2D eigenvalue weighted by Gasteiger charge is 2.19. The van der Waals surface area contributed by atoms with Crippen LogP contribution >= 0.6 is 0 Å². The van der Waals surface area contributed by atoms with E-state index in [4.69, 9.17) is 10.5 Å². The Bertz CT molecular complexity index is 445. The molecule has 0 bridgehead atoms. The lowest BCUT2D eigenvalue weighted by Gasteiger charge is -2.16. The Balaban J connectivity index is 2.62. The third kappa shape index (κ3) is 5.17. The number of nitrogens with one attached hydrogen (secondary N) is 2. The maximum absolute atomic E-state index is 11.6. The van der Waals surface area contributed by atoms with E-state index in [1.165, 1.54) is 0 Å². The number of hydrogen-bond acceptors (Lipinski definition) is 4. The molecule has 1 aromatic rings. The molecule has 0 saturated carbocycles. The van der Waals surface area contributed by atoms with Crippen molar-refractivity contribution in [2.24, 2.45) is 5.73 Å². The minimum Gasteiger partial charge on any atom is -0.497 e. The van der Waals surface area contributed by atoms with Crippen LogP contribution in [0.1, 0.15) is 19.8 Å². The smallest absolute Gasteiger partial charge is 0.240 e. The summed E-state index contributed by atoms with van der Waals surface area (Å²) in [5.74, 6) is -0.0454. The molecule has 6 heteroatoms. The van der Waals surface area contributed by atoms with E-state index in [2.05, 4.69) is 10.6 Å². The highest BCUT2D eigenvalue weighted by Crippen LogP contribution is 2.16. The first-order chi connectivity index (χ1) is 9.56. The van der Waals surface area contributed by atoms with Crippen molar-refractivity contribution < 1.29 is 14.3 Å². The summed E-state index contributed by atoms with van der Waals surface area (Å²) in [6.45, 7) is 2.55. The van der Waals surface area contributed by atoms with Crippen molar-refractivity contribution >= 4 is 17.5 Å². The number of hydrogen-bond donors (Lipinski definition) is 3. The molecule has 4 N–H and O–H groups in total. The zero-order valence-corrected chi connectivity index (χ0v) is 11.8. The summed E-state index contributed by atoms with van der Waals surface area (Å²) in [6, 6.07) is 6.31. The van der Waals surface area contributed by atoms with Gasteiger partial charge in [-0.05, 0) is 30.7 Å². The topological polar surface area (TPSA) is 93.4 Å². The minimum absolute atomic E-state index is 0.0152. The molecule has 1 unspecified atom stereocenters. The quantitative estimate of drug-likeness (QED) is 0.658. The highest BCUT2D eigenvalue weighted by atomic mass is 16.5. The van der Waals surface area contributed by atoms with Crippen molar-refractivity contribution in [1.29, 1.82) is 0 Å².